The van der Waals surface area contributed by atoms with E-state index < -0.39 is 185 Å². The van der Waals surface area contributed by atoms with Gasteiger partial charge in [-0.05, 0) is 25.7 Å². The molecule has 0 aromatic heterocycles. The number of carbonyl (C=O) groups excluding carboxylic acids is 2. The Morgan fingerprint density at radius 1 is 0.457 bits per heavy atom. The Hall–Kier alpha value is -1.94. The third-order valence-corrected chi connectivity index (χ3v) is 18.5. The Balaban J connectivity index is 1.41. The van der Waals surface area contributed by atoms with Crippen LogP contribution >= 0.6 is 0 Å². The number of unbranched alkanes of at least 4 members (excludes halogenated alkanes) is 25. The van der Waals surface area contributed by atoms with Gasteiger partial charge in [0.25, 0.3) is 0 Å². The summed E-state index contributed by atoms with van der Waals surface area (Å²) in [5.41, 5.74) is 0. The van der Waals surface area contributed by atoms with Crippen LogP contribution < -0.4 is 10.6 Å². The Bertz CT molecular complexity index is 1920. The molecule has 0 unspecified atom stereocenters. The van der Waals surface area contributed by atoms with Gasteiger partial charge in [0, 0.05) is 6.92 Å². The van der Waals surface area contributed by atoms with Gasteiger partial charge in [-0.1, -0.05) is 201 Å². The largest absolute Gasteiger partial charge is 0.394 e. The molecule has 2 amide bonds. The maximum Gasteiger partial charge on any atom is 0.249 e. The summed E-state index contributed by atoms with van der Waals surface area (Å²) in [6, 6.07) is -2.93. The molecule has 0 saturated carbocycles. The highest BCUT2D eigenvalue weighted by atomic mass is 16.8. The minimum Gasteiger partial charge on any atom is -0.394 e. The van der Waals surface area contributed by atoms with Crippen LogP contribution in [-0.4, -0.2) is 257 Å². The molecule has 0 radical (unpaired) electrons. The molecule has 4 aliphatic rings. The van der Waals surface area contributed by atoms with Crippen molar-refractivity contribution in [1.29, 1.82) is 0 Å². The fourth-order valence-corrected chi connectivity index (χ4v) is 12.5. The van der Waals surface area contributed by atoms with Gasteiger partial charge in [-0.25, -0.2) is 0 Å². The second kappa shape index (κ2) is 45.6. The smallest absolute Gasteiger partial charge is 0.249 e. The highest BCUT2D eigenvalue weighted by molar-refractivity contribution is 5.80. The molecule has 0 bridgehead atoms. The van der Waals surface area contributed by atoms with Crippen molar-refractivity contribution in [2.45, 2.75) is 374 Å². The molecule has 0 aliphatic carbocycles. The number of hydrogen-bond donors (Lipinski definition) is 16. The summed E-state index contributed by atoms with van der Waals surface area (Å²) in [5.74, 6) is -0.858. The predicted molar refractivity (Wildman–Crippen MR) is 337 cm³/mol. The molecule has 24 atom stereocenters. The van der Waals surface area contributed by atoms with Crippen molar-refractivity contribution in [2.75, 3.05) is 26.4 Å². The molecule has 0 spiro atoms. The SMILES string of the molecule is CCCCCCCCCCCCCCCCCCCC[C@@H](O)C(=O)N[C@@H](CO[C@H]1O[C@H](CO)[C@H](O)[C@H](O)[C@H]1O[C@H]1O[C@H](CO[C@@H]2O[C@H](CO)[C@H](O)[C@H](O[C@@H]3O[C@@H](C)[C@H](O)[C@@H](O)[C@H]3O)[C@H]2NC(C)=O)[C@H](O)[C@H](O)[C@H]1O)[C@H](O)[C@H](O)CCCCCCCCCCCC(C)C. The normalized spacial score (nSPS) is 33.3. The number of rotatable bonds is 48. The van der Waals surface area contributed by atoms with Gasteiger partial charge in [-0.3, -0.25) is 9.59 Å². The van der Waals surface area contributed by atoms with Crippen molar-refractivity contribution in [3.8, 4) is 0 Å². The van der Waals surface area contributed by atoms with Crippen molar-refractivity contribution in [1.82, 2.24) is 10.6 Å². The van der Waals surface area contributed by atoms with Crippen molar-refractivity contribution in [3.63, 3.8) is 0 Å². The highest BCUT2D eigenvalue weighted by Gasteiger charge is 2.54. The van der Waals surface area contributed by atoms with E-state index in [0.717, 1.165) is 64.7 Å². The van der Waals surface area contributed by atoms with Gasteiger partial charge in [-0.2, -0.15) is 0 Å². The average Bonchev–Trinajstić information content (AvgIpc) is 0.811. The molecule has 26 heteroatoms. The highest BCUT2D eigenvalue weighted by Crippen LogP contribution is 2.34. The second-order valence-electron chi connectivity index (χ2n) is 26.9. The Morgan fingerprint density at radius 2 is 0.880 bits per heavy atom. The Morgan fingerprint density at radius 3 is 1.38 bits per heavy atom. The van der Waals surface area contributed by atoms with E-state index in [-0.39, 0.29) is 12.8 Å². The number of amides is 2. The van der Waals surface area contributed by atoms with Gasteiger partial charge in [0.1, 0.15) is 104 Å². The lowest BCUT2D eigenvalue weighted by Gasteiger charge is -2.48. The van der Waals surface area contributed by atoms with Crippen LogP contribution in [0.5, 0.6) is 0 Å². The zero-order chi connectivity index (χ0) is 67.7. The summed E-state index contributed by atoms with van der Waals surface area (Å²) >= 11 is 0. The van der Waals surface area contributed by atoms with E-state index in [1.807, 2.05) is 0 Å². The fourth-order valence-electron chi connectivity index (χ4n) is 12.5. The summed E-state index contributed by atoms with van der Waals surface area (Å²) in [4.78, 5) is 26.3. The first-order valence-electron chi connectivity index (χ1n) is 35.2. The van der Waals surface area contributed by atoms with E-state index in [9.17, 15) is 81.1 Å². The van der Waals surface area contributed by atoms with Crippen LogP contribution in [0.2, 0.25) is 0 Å². The standard InChI is InChI=1S/C66H124N2O24/c1-6-7-8-9-10-11-12-13-14-15-16-17-18-19-22-26-29-32-35-45(73)62(84)68-43(51(75)44(72)34-31-28-25-23-20-21-24-27-30-33-40(2)3)38-85-66-61(57(81)52(76)46(36-69)89-66)92-65-59(83)56(80)53(77)48(90-65)39-86-63-49(67-42(5)71)60(54(78)47(37-70)88-63)91-64-58(82)55(79)50(74)41(4)87-64/h40-41,43-61,63-66,69-70,72-83H,6-39H2,1-5H3,(H,67,71)(H,68,84)/t41-,43-,44+,45+,46+,47+,48+,49+,50-,51-,52-,53-,54-,55+,56-,57-,58+,59+,60+,61+,63+,64-,65+,66-/m0/s1. The summed E-state index contributed by atoms with van der Waals surface area (Å²) in [7, 11) is 0. The number of aliphatic hydroxyl groups excluding tert-OH is 14. The monoisotopic (exact) mass is 1330 g/mol. The van der Waals surface area contributed by atoms with Crippen LogP contribution in [0, 0.1) is 5.92 Å². The fraction of sp³-hybridized carbons (Fsp3) is 0.970. The van der Waals surface area contributed by atoms with Crippen LogP contribution in [0.25, 0.3) is 0 Å². The van der Waals surface area contributed by atoms with Gasteiger partial charge in [0.05, 0.1) is 44.7 Å². The van der Waals surface area contributed by atoms with Crippen molar-refractivity contribution < 1.29 is 119 Å². The lowest BCUT2D eigenvalue weighted by molar-refractivity contribution is -0.373. The molecule has 26 nitrogen and oxygen atoms in total. The van der Waals surface area contributed by atoms with Crippen LogP contribution in [0.1, 0.15) is 227 Å². The van der Waals surface area contributed by atoms with Crippen molar-refractivity contribution >= 4 is 11.8 Å². The summed E-state index contributed by atoms with van der Waals surface area (Å²) in [6.45, 7) is 6.03. The molecule has 4 saturated heterocycles. The van der Waals surface area contributed by atoms with Crippen LogP contribution in [-0.2, 0) is 47.5 Å². The van der Waals surface area contributed by atoms with E-state index in [2.05, 4.69) is 31.4 Å². The van der Waals surface area contributed by atoms with Gasteiger partial charge in [-0.15, -0.1) is 0 Å². The van der Waals surface area contributed by atoms with Gasteiger partial charge in [0.15, 0.2) is 25.2 Å². The third kappa shape index (κ3) is 28.1. The minimum absolute atomic E-state index is 0.123. The second-order valence-corrected chi connectivity index (χ2v) is 26.9. The van der Waals surface area contributed by atoms with Gasteiger partial charge >= 0.3 is 0 Å². The van der Waals surface area contributed by atoms with Crippen molar-refractivity contribution in [2.24, 2.45) is 5.92 Å². The zero-order valence-electron chi connectivity index (χ0n) is 55.8. The number of carbonyl (C=O) groups is 2. The van der Waals surface area contributed by atoms with E-state index in [0.29, 0.717) is 18.8 Å². The lowest BCUT2D eigenvalue weighted by Crippen LogP contribution is -2.68. The van der Waals surface area contributed by atoms with Gasteiger partial charge < -0.3 is 120 Å². The predicted octanol–water partition coefficient (Wildman–Crippen LogP) is 2.39. The Labute approximate surface area is 546 Å². The first-order chi connectivity index (χ1) is 44.1. The molecule has 4 rings (SSSR count). The average molecular weight is 1330 g/mol. The molecule has 0 aromatic rings. The number of aliphatic hydroxyl groups is 14. The molecule has 4 aliphatic heterocycles. The first-order valence-corrected chi connectivity index (χ1v) is 35.2. The summed E-state index contributed by atoms with van der Waals surface area (Å²) < 4.78 is 47.1. The number of ether oxygens (including phenoxy) is 8. The van der Waals surface area contributed by atoms with Crippen molar-refractivity contribution in [3.05, 3.63) is 0 Å². The molecular formula is C66H124N2O24. The number of hydrogen-bond acceptors (Lipinski definition) is 24. The molecule has 0 aromatic carbocycles. The van der Waals surface area contributed by atoms with E-state index in [4.69, 9.17) is 37.9 Å². The molecule has 92 heavy (non-hydrogen) atoms. The zero-order valence-corrected chi connectivity index (χ0v) is 55.8. The van der Waals surface area contributed by atoms with E-state index in [1.54, 1.807) is 0 Å². The lowest BCUT2D eigenvalue weighted by atomic mass is 9.95. The van der Waals surface area contributed by atoms with E-state index in [1.165, 1.54) is 116 Å². The summed E-state index contributed by atoms with van der Waals surface area (Å²) in [6.07, 6.45) is -5.91. The first kappa shape index (κ1) is 82.5. The molecule has 4 heterocycles. The summed E-state index contributed by atoms with van der Waals surface area (Å²) in [5, 5.41) is 159. The topological polar surface area (TPSA) is 415 Å². The maximum atomic E-state index is 13.7. The van der Waals surface area contributed by atoms with Crippen LogP contribution in [0.15, 0.2) is 0 Å². The molecule has 542 valence electrons. The minimum atomic E-state index is -2.10. The molecular weight excluding hydrogens is 1200 g/mol. The molecule has 4 fully saturated rings. The maximum absolute atomic E-state index is 13.7. The molecule has 16 N–H and O–H groups in total. The third-order valence-electron chi connectivity index (χ3n) is 18.5. The Kier molecular flexibility index (Phi) is 40.9. The number of nitrogens with one attached hydrogen (secondary N) is 2. The van der Waals surface area contributed by atoms with Gasteiger partial charge in [0.2, 0.25) is 11.8 Å². The quantitative estimate of drug-likeness (QED) is 0.0389. The van der Waals surface area contributed by atoms with E-state index >= 15 is 0 Å². The van der Waals surface area contributed by atoms with Crippen LogP contribution in [0.3, 0.4) is 0 Å². The van der Waals surface area contributed by atoms with Crippen LogP contribution in [0.4, 0.5) is 0 Å².